The molecule has 0 aliphatic rings. The number of nitrogens with one attached hydrogen (secondary N) is 1. The molecule has 0 saturated carbocycles. The lowest BCUT2D eigenvalue weighted by Gasteiger charge is -2.16. The van der Waals surface area contributed by atoms with E-state index < -0.39 is 12.0 Å². The molecule has 0 spiro atoms. The highest BCUT2D eigenvalue weighted by atomic mass is 79.9. The molecule has 0 fully saturated rings. The normalized spacial score (nSPS) is 11.8. The predicted octanol–water partition coefficient (Wildman–Crippen LogP) is 3.56. The highest BCUT2D eigenvalue weighted by Gasteiger charge is 2.18. The summed E-state index contributed by atoms with van der Waals surface area (Å²) in [6, 6.07) is 16.4. The summed E-state index contributed by atoms with van der Waals surface area (Å²) >= 11 is 3.40. The topological polar surface area (TPSA) is 49.3 Å². The van der Waals surface area contributed by atoms with Gasteiger partial charge in [-0.2, -0.15) is 0 Å². The number of carboxylic acids is 1. The molecule has 0 amide bonds. The third-order valence-electron chi connectivity index (χ3n) is 2.78. The van der Waals surface area contributed by atoms with Gasteiger partial charge in [-0.05, 0) is 33.6 Å². The molecule has 1 atom stereocenters. The Hall–Kier alpha value is -1.81. The lowest BCUT2D eigenvalue weighted by atomic mass is 10.1. The van der Waals surface area contributed by atoms with Gasteiger partial charge >= 0.3 is 5.97 Å². The van der Waals surface area contributed by atoms with Crippen molar-refractivity contribution in [3.63, 3.8) is 0 Å². The van der Waals surface area contributed by atoms with E-state index in [2.05, 4.69) is 21.2 Å². The summed E-state index contributed by atoms with van der Waals surface area (Å²) in [5, 5.41) is 12.4. The summed E-state index contributed by atoms with van der Waals surface area (Å²) in [6.45, 7) is 0. The van der Waals surface area contributed by atoms with Gasteiger partial charge in [0, 0.05) is 16.6 Å². The third kappa shape index (κ3) is 3.83. The number of anilines is 1. The van der Waals surface area contributed by atoms with Gasteiger partial charge in [0.15, 0.2) is 0 Å². The van der Waals surface area contributed by atoms with E-state index in [-0.39, 0.29) is 0 Å². The van der Waals surface area contributed by atoms with E-state index in [0.29, 0.717) is 6.42 Å². The summed E-state index contributed by atoms with van der Waals surface area (Å²) < 4.78 is 0.856. The average molecular weight is 320 g/mol. The number of aliphatic carboxylic acids is 1. The van der Waals surface area contributed by atoms with Crippen molar-refractivity contribution in [2.75, 3.05) is 5.32 Å². The van der Waals surface area contributed by atoms with Crippen molar-refractivity contribution in [1.82, 2.24) is 0 Å². The highest BCUT2D eigenvalue weighted by molar-refractivity contribution is 9.10. The van der Waals surface area contributed by atoms with Gasteiger partial charge in [0.1, 0.15) is 6.04 Å². The summed E-state index contributed by atoms with van der Waals surface area (Å²) in [5.41, 5.74) is 1.78. The standard InChI is InChI=1S/C15H14BrNO2/c16-12-8-4-5-9-13(12)17-14(15(18)19)10-11-6-2-1-3-7-11/h1-9,14,17H,10H2,(H,18,19). The summed E-state index contributed by atoms with van der Waals surface area (Å²) in [4.78, 5) is 11.3. The average Bonchev–Trinajstić information content (AvgIpc) is 2.41. The molecule has 2 aromatic carbocycles. The Morgan fingerprint density at radius 1 is 1.11 bits per heavy atom. The molecule has 2 rings (SSSR count). The summed E-state index contributed by atoms with van der Waals surface area (Å²) in [5.74, 6) is -0.861. The smallest absolute Gasteiger partial charge is 0.326 e. The van der Waals surface area contributed by atoms with Gasteiger partial charge in [0.25, 0.3) is 0 Å². The lowest BCUT2D eigenvalue weighted by molar-refractivity contribution is -0.137. The van der Waals surface area contributed by atoms with Gasteiger partial charge in [0.2, 0.25) is 0 Å². The van der Waals surface area contributed by atoms with Crippen LogP contribution in [0.3, 0.4) is 0 Å². The van der Waals surface area contributed by atoms with E-state index in [1.165, 1.54) is 0 Å². The van der Waals surface area contributed by atoms with Crippen molar-refractivity contribution in [3.05, 3.63) is 64.6 Å². The lowest BCUT2D eigenvalue weighted by Crippen LogP contribution is -2.31. The zero-order valence-electron chi connectivity index (χ0n) is 10.2. The first-order chi connectivity index (χ1) is 9.16. The second kappa shape index (κ2) is 6.38. The second-order valence-corrected chi connectivity index (χ2v) is 5.06. The number of benzene rings is 2. The molecule has 0 heterocycles. The monoisotopic (exact) mass is 319 g/mol. The molecular weight excluding hydrogens is 306 g/mol. The Kier molecular flexibility index (Phi) is 4.58. The van der Waals surface area contributed by atoms with Crippen LogP contribution in [0, 0.1) is 0 Å². The van der Waals surface area contributed by atoms with E-state index in [1.54, 1.807) is 0 Å². The number of para-hydroxylation sites is 1. The maximum Gasteiger partial charge on any atom is 0.326 e. The summed E-state index contributed by atoms with van der Waals surface area (Å²) in [7, 11) is 0. The number of halogens is 1. The van der Waals surface area contributed by atoms with E-state index in [1.807, 2.05) is 54.6 Å². The Labute approximate surface area is 120 Å². The Bertz CT molecular complexity index is 557. The maximum atomic E-state index is 11.3. The first-order valence-electron chi connectivity index (χ1n) is 5.94. The molecule has 3 nitrogen and oxygen atoms in total. The van der Waals surface area contributed by atoms with Crippen LogP contribution >= 0.6 is 15.9 Å². The van der Waals surface area contributed by atoms with Crippen molar-refractivity contribution in [2.45, 2.75) is 12.5 Å². The fourth-order valence-corrected chi connectivity index (χ4v) is 2.22. The number of hydrogen-bond acceptors (Lipinski definition) is 2. The van der Waals surface area contributed by atoms with E-state index in [0.717, 1.165) is 15.7 Å². The van der Waals surface area contributed by atoms with Crippen molar-refractivity contribution < 1.29 is 9.90 Å². The molecule has 0 saturated heterocycles. The van der Waals surface area contributed by atoms with Crippen molar-refractivity contribution in [3.8, 4) is 0 Å². The van der Waals surface area contributed by atoms with E-state index >= 15 is 0 Å². The van der Waals surface area contributed by atoms with Gasteiger partial charge in [-0.3, -0.25) is 0 Å². The van der Waals surface area contributed by atoms with Crippen LogP contribution in [-0.2, 0) is 11.2 Å². The zero-order valence-corrected chi connectivity index (χ0v) is 11.8. The fourth-order valence-electron chi connectivity index (χ4n) is 1.82. The zero-order chi connectivity index (χ0) is 13.7. The van der Waals surface area contributed by atoms with Gasteiger partial charge < -0.3 is 10.4 Å². The van der Waals surface area contributed by atoms with Crippen molar-refractivity contribution >= 4 is 27.6 Å². The van der Waals surface area contributed by atoms with E-state index in [4.69, 9.17) is 0 Å². The third-order valence-corrected chi connectivity index (χ3v) is 3.48. The molecule has 98 valence electrons. The number of carboxylic acid groups (broad SMARTS) is 1. The molecule has 0 bridgehead atoms. The van der Waals surface area contributed by atoms with Crippen LogP contribution in [0.15, 0.2) is 59.1 Å². The van der Waals surface area contributed by atoms with Crippen LogP contribution in [0.1, 0.15) is 5.56 Å². The first-order valence-corrected chi connectivity index (χ1v) is 6.74. The minimum Gasteiger partial charge on any atom is -0.480 e. The van der Waals surface area contributed by atoms with Gasteiger partial charge in [-0.1, -0.05) is 42.5 Å². The van der Waals surface area contributed by atoms with Crippen LogP contribution < -0.4 is 5.32 Å². The molecular formula is C15H14BrNO2. The van der Waals surface area contributed by atoms with Gasteiger partial charge in [-0.25, -0.2) is 4.79 Å². The highest BCUT2D eigenvalue weighted by Crippen LogP contribution is 2.22. The predicted molar refractivity (Wildman–Crippen MR) is 79.3 cm³/mol. The minimum absolute atomic E-state index is 0.442. The Balaban J connectivity index is 2.13. The Morgan fingerprint density at radius 2 is 1.74 bits per heavy atom. The van der Waals surface area contributed by atoms with Crippen LogP contribution in [0.5, 0.6) is 0 Å². The molecule has 1 unspecified atom stereocenters. The molecule has 4 heteroatoms. The molecule has 2 N–H and O–H groups in total. The van der Waals surface area contributed by atoms with Gasteiger partial charge in [0.05, 0.1) is 0 Å². The van der Waals surface area contributed by atoms with Crippen LogP contribution in [0.25, 0.3) is 0 Å². The molecule has 0 aliphatic heterocycles. The van der Waals surface area contributed by atoms with Crippen LogP contribution in [0.4, 0.5) is 5.69 Å². The van der Waals surface area contributed by atoms with Crippen LogP contribution in [-0.4, -0.2) is 17.1 Å². The van der Waals surface area contributed by atoms with Gasteiger partial charge in [-0.15, -0.1) is 0 Å². The number of carbonyl (C=O) groups is 1. The SMILES string of the molecule is O=C(O)C(Cc1ccccc1)Nc1ccccc1Br. The minimum atomic E-state index is -0.861. The number of rotatable bonds is 5. The summed E-state index contributed by atoms with van der Waals surface area (Å²) in [6.07, 6.45) is 0.442. The fraction of sp³-hybridized carbons (Fsp3) is 0.133. The maximum absolute atomic E-state index is 11.3. The molecule has 2 aromatic rings. The molecule has 0 aromatic heterocycles. The molecule has 0 aliphatic carbocycles. The van der Waals surface area contributed by atoms with Crippen molar-refractivity contribution in [2.24, 2.45) is 0 Å². The van der Waals surface area contributed by atoms with Crippen molar-refractivity contribution in [1.29, 1.82) is 0 Å². The molecule has 0 radical (unpaired) electrons. The second-order valence-electron chi connectivity index (χ2n) is 4.20. The van der Waals surface area contributed by atoms with E-state index in [9.17, 15) is 9.90 Å². The Morgan fingerprint density at radius 3 is 2.37 bits per heavy atom. The molecule has 19 heavy (non-hydrogen) atoms. The van der Waals surface area contributed by atoms with Crippen LogP contribution in [0.2, 0.25) is 0 Å². The number of hydrogen-bond donors (Lipinski definition) is 2. The largest absolute Gasteiger partial charge is 0.480 e. The first kappa shape index (κ1) is 13.6. The quantitative estimate of drug-likeness (QED) is 0.886.